The predicted molar refractivity (Wildman–Crippen MR) is 88.0 cm³/mol. The number of likely N-dealkylation sites (N-methyl/N-ethyl adjacent to an activating group) is 1. The molecule has 3 heteroatoms. The molecule has 0 spiro atoms. The topological polar surface area (TPSA) is 20.3 Å². The van der Waals surface area contributed by atoms with Gasteiger partial charge in [-0.2, -0.15) is 0 Å². The molecule has 0 saturated heterocycles. The van der Waals surface area contributed by atoms with E-state index in [0.717, 1.165) is 21.7 Å². The molecule has 0 aliphatic carbocycles. The molecule has 2 aromatic rings. The maximum atomic E-state index is 12.3. The van der Waals surface area contributed by atoms with Gasteiger partial charge in [0.25, 0.3) is 0 Å². The Kier molecular flexibility index (Phi) is 5.16. The number of hydrogen-bond donors (Lipinski definition) is 0. The Hall–Kier alpha value is -1.64. The Labute approximate surface area is 131 Å². The smallest absolute Gasteiger partial charge is 0.176 e. The molecule has 0 aliphatic rings. The van der Waals surface area contributed by atoms with Gasteiger partial charge in [0, 0.05) is 17.1 Å². The van der Waals surface area contributed by atoms with Crippen molar-refractivity contribution in [1.29, 1.82) is 0 Å². The minimum Gasteiger partial charge on any atom is -0.295 e. The highest BCUT2D eigenvalue weighted by Crippen LogP contribution is 2.17. The first-order valence-electron chi connectivity index (χ1n) is 7.00. The fraction of sp³-hybridized carbons (Fsp3) is 0.278. The van der Waals surface area contributed by atoms with Gasteiger partial charge >= 0.3 is 0 Å². The highest BCUT2D eigenvalue weighted by Gasteiger charge is 2.11. The van der Waals surface area contributed by atoms with E-state index < -0.39 is 0 Å². The monoisotopic (exact) mass is 301 g/mol. The zero-order valence-electron chi connectivity index (χ0n) is 12.7. The molecule has 110 valence electrons. The number of rotatable bonds is 5. The van der Waals surface area contributed by atoms with E-state index in [2.05, 4.69) is 0 Å². The summed E-state index contributed by atoms with van der Waals surface area (Å²) in [7, 11) is 1.93. The number of halogens is 1. The summed E-state index contributed by atoms with van der Waals surface area (Å²) in [5.74, 6) is 0.132. The van der Waals surface area contributed by atoms with E-state index in [1.54, 1.807) is 0 Å². The van der Waals surface area contributed by atoms with Crippen molar-refractivity contribution < 1.29 is 4.79 Å². The van der Waals surface area contributed by atoms with Crippen molar-refractivity contribution in [3.8, 4) is 0 Å². The van der Waals surface area contributed by atoms with Gasteiger partial charge in [0.05, 0.1) is 6.54 Å². The zero-order chi connectivity index (χ0) is 15.4. The molecule has 0 aliphatic heterocycles. The minimum absolute atomic E-state index is 0.132. The number of aryl methyl sites for hydroxylation is 2. The number of benzene rings is 2. The third-order valence-corrected chi connectivity index (χ3v) is 4.01. The normalized spacial score (nSPS) is 10.9. The Morgan fingerprint density at radius 1 is 1.10 bits per heavy atom. The number of Topliss-reactive ketones (excluding diaryl/α,β-unsaturated/α-hetero) is 1. The van der Waals surface area contributed by atoms with Crippen molar-refractivity contribution in [2.75, 3.05) is 13.6 Å². The molecule has 2 nitrogen and oxygen atoms in total. The summed E-state index contributed by atoms with van der Waals surface area (Å²) in [6.07, 6.45) is 0. The van der Waals surface area contributed by atoms with Gasteiger partial charge in [-0.1, -0.05) is 41.9 Å². The van der Waals surface area contributed by atoms with E-state index in [9.17, 15) is 4.79 Å². The zero-order valence-corrected chi connectivity index (χ0v) is 13.4. The van der Waals surface area contributed by atoms with Crippen LogP contribution in [-0.2, 0) is 6.54 Å². The van der Waals surface area contributed by atoms with Crippen molar-refractivity contribution in [1.82, 2.24) is 4.90 Å². The first-order chi connectivity index (χ1) is 9.97. The van der Waals surface area contributed by atoms with Crippen LogP contribution in [0, 0.1) is 13.8 Å². The Morgan fingerprint density at radius 2 is 1.81 bits per heavy atom. The van der Waals surface area contributed by atoms with Gasteiger partial charge in [0.2, 0.25) is 0 Å². The molecule has 21 heavy (non-hydrogen) atoms. The van der Waals surface area contributed by atoms with Crippen molar-refractivity contribution in [3.63, 3.8) is 0 Å². The average molecular weight is 302 g/mol. The van der Waals surface area contributed by atoms with Crippen molar-refractivity contribution in [3.05, 3.63) is 69.7 Å². The standard InChI is InChI=1S/C18H20ClNO/c1-13-8-9-15(10-14(13)2)18(21)12-20(3)11-16-6-4-5-7-17(16)19/h4-10H,11-12H2,1-3H3. The number of ketones is 1. The lowest BCUT2D eigenvalue weighted by Crippen LogP contribution is -2.25. The highest BCUT2D eigenvalue weighted by molar-refractivity contribution is 6.31. The van der Waals surface area contributed by atoms with Crippen LogP contribution in [0.2, 0.25) is 5.02 Å². The first-order valence-corrected chi connectivity index (χ1v) is 7.37. The minimum atomic E-state index is 0.132. The molecule has 2 rings (SSSR count). The molecule has 0 heterocycles. The van der Waals surface area contributed by atoms with E-state index in [1.807, 2.05) is 68.3 Å². The SMILES string of the molecule is Cc1ccc(C(=O)CN(C)Cc2ccccc2Cl)cc1C. The Balaban J connectivity index is 2.02. The van der Waals surface area contributed by atoms with Crippen LogP contribution in [0.4, 0.5) is 0 Å². The third kappa shape index (κ3) is 4.16. The fourth-order valence-corrected chi connectivity index (χ4v) is 2.42. The molecule has 0 bridgehead atoms. The summed E-state index contributed by atoms with van der Waals surface area (Å²) in [4.78, 5) is 14.3. The quantitative estimate of drug-likeness (QED) is 0.769. The van der Waals surface area contributed by atoms with E-state index in [4.69, 9.17) is 11.6 Å². The summed E-state index contributed by atoms with van der Waals surface area (Å²) in [5.41, 5.74) is 4.16. The van der Waals surface area contributed by atoms with E-state index in [1.165, 1.54) is 5.56 Å². The first kappa shape index (κ1) is 15.7. The molecule has 0 N–H and O–H groups in total. The molecule has 2 aromatic carbocycles. The fourth-order valence-electron chi connectivity index (χ4n) is 2.22. The molecule has 0 unspecified atom stereocenters. The van der Waals surface area contributed by atoms with Gasteiger partial charge in [0.1, 0.15) is 0 Å². The van der Waals surface area contributed by atoms with Gasteiger partial charge in [-0.3, -0.25) is 9.69 Å². The Morgan fingerprint density at radius 3 is 2.48 bits per heavy atom. The maximum absolute atomic E-state index is 12.3. The number of nitrogens with zero attached hydrogens (tertiary/aromatic N) is 1. The highest BCUT2D eigenvalue weighted by atomic mass is 35.5. The summed E-state index contributed by atoms with van der Waals surface area (Å²) in [6, 6.07) is 13.6. The van der Waals surface area contributed by atoms with Crippen LogP contribution in [0.3, 0.4) is 0 Å². The van der Waals surface area contributed by atoms with Crippen LogP contribution in [0.15, 0.2) is 42.5 Å². The van der Waals surface area contributed by atoms with Crippen LogP contribution in [0.5, 0.6) is 0 Å². The maximum Gasteiger partial charge on any atom is 0.176 e. The number of carbonyl (C=O) groups excluding carboxylic acids is 1. The van der Waals surface area contributed by atoms with Gasteiger partial charge in [-0.25, -0.2) is 0 Å². The lowest BCUT2D eigenvalue weighted by atomic mass is 10.0. The molecule has 0 atom stereocenters. The third-order valence-electron chi connectivity index (χ3n) is 3.64. The van der Waals surface area contributed by atoms with Crippen molar-refractivity contribution >= 4 is 17.4 Å². The second-order valence-corrected chi connectivity index (χ2v) is 5.89. The Bertz CT molecular complexity index is 651. The molecule has 0 amide bonds. The molecule has 0 aromatic heterocycles. The largest absolute Gasteiger partial charge is 0.295 e. The summed E-state index contributed by atoms with van der Waals surface area (Å²) >= 11 is 6.15. The summed E-state index contributed by atoms with van der Waals surface area (Å²) < 4.78 is 0. The lowest BCUT2D eigenvalue weighted by Gasteiger charge is -2.17. The van der Waals surface area contributed by atoms with Crippen molar-refractivity contribution in [2.45, 2.75) is 20.4 Å². The van der Waals surface area contributed by atoms with Crippen LogP contribution in [0.1, 0.15) is 27.0 Å². The molecular formula is C18H20ClNO. The van der Waals surface area contributed by atoms with Crippen LogP contribution >= 0.6 is 11.6 Å². The molecular weight excluding hydrogens is 282 g/mol. The van der Waals surface area contributed by atoms with Crippen LogP contribution in [0.25, 0.3) is 0 Å². The lowest BCUT2D eigenvalue weighted by molar-refractivity contribution is 0.0943. The molecule has 0 fully saturated rings. The van der Waals surface area contributed by atoms with Gasteiger partial charge < -0.3 is 0 Å². The summed E-state index contributed by atoms with van der Waals surface area (Å²) in [5, 5.41) is 0.739. The van der Waals surface area contributed by atoms with E-state index >= 15 is 0 Å². The van der Waals surface area contributed by atoms with Gasteiger partial charge in [-0.15, -0.1) is 0 Å². The van der Waals surface area contributed by atoms with Gasteiger partial charge in [-0.05, 0) is 49.7 Å². The van der Waals surface area contributed by atoms with Crippen molar-refractivity contribution in [2.24, 2.45) is 0 Å². The van der Waals surface area contributed by atoms with E-state index in [-0.39, 0.29) is 5.78 Å². The molecule has 0 saturated carbocycles. The second-order valence-electron chi connectivity index (χ2n) is 5.49. The molecule has 0 radical (unpaired) electrons. The average Bonchev–Trinajstić information content (AvgIpc) is 2.44. The second kappa shape index (κ2) is 6.88. The summed E-state index contributed by atoms with van der Waals surface area (Å²) in [6.45, 7) is 5.12. The van der Waals surface area contributed by atoms with Crippen LogP contribution in [-0.4, -0.2) is 24.3 Å². The predicted octanol–water partition coefficient (Wildman–Crippen LogP) is 4.27. The number of hydrogen-bond acceptors (Lipinski definition) is 2. The van der Waals surface area contributed by atoms with Crippen LogP contribution < -0.4 is 0 Å². The number of carbonyl (C=O) groups is 1. The van der Waals surface area contributed by atoms with E-state index in [0.29, 0.717) is 13.1 Å². The van der Waals surface area contributed by atoms with Gasteiger partial charge in [0.15, 0.2) is 5.78 Å².